The maximum absolute atomic E-state index is 12.8. The molecule has 1 N–H and O–H groups in total. The molecule has 0 aromatic heterocycles. The van der Waals surface area contributed by atoms with Gasteiger partial charge < -0.3 is 19.3 Å². The quantitative estimate of drug-likeness (QED) is 0.765. The lowest BCUT2D eigenvalue weighted by Crippen LogP contribution is -2.04. The first kappa shape index (κ1) is 18.8. The fraction of sp³-hybridized carbons (Fsp3) is 0.318. The highest BCUT2D eigenvalue weighted by atomic mass is 16.5. The van der Waals surface area contributed by atoms with Gasteiger partial charge in [0.1, 0.15) is 17.2 Å². The zero-order chi connectivity index (χ0) is 19.6. The van der Waals surface area contributed by atoms with Crippen LogP contribution >= 0.6 is 0 Å². The topological polar surface area (TPSA) is 65.0 Å². The second-order valence-corrected chi connectivity index (χ2v) is 6.53. The molecule has 5 heteroatoms. The van der Waals surface area contributed by atoms with Crippen LogP contribution in [0.2, 0.25) is 0 Å². The lowest BCUT2D eigenvalue weighted by atomic mass is 9.97. The van der Waals surface area contributed by atoms with E-state index in [2.05, 4.69) is 13.0 Å². The summed E-state index contributed by atoms with van der Waals surface area (Å²) in [5, 5.41) is 10.6. The number of carbonyl (C=O) groups excluding carboxylic acids is 1. The smallest absolute Gasteiger partial charge is 0.180 e. The molecule has 3 rings (SSSR count). The van der Waals surface area contributed by atoms with Gasteiger partial charge in [0.25, 0.3) is 0 Å². The first-order chi connectivity index (χ1) is 13.0. The number of Topliss-reactive ketones (excluding diaryl/α,β-unsaturated/α-hetero) is 1. The molecule has 2 aromatic carbocycles. The number of para-hydroxylation sites is 1. The number of hydrogen-bond donors (Lipinski definition) is 1. The minimum atomic E-state index is -0.0853. The Kier molecular flexibility index (Phi) is 5.40. The molecule has 0 bridgehead atoms. The number of ketones is 1. The summed E-state index contributed by atoms with van der Waals surface area (Å²) in [6.07, 6.45) is 3.61. The Balaban J connectivity index is 2.23. The first-order valence-electron chi connectivity index (χ1n) is 8.95. The van der Waals surface area contributed by atoms with Crippen LogP contribution in [0.5, 0.6) is 28.7 Å². The van der Waals surface area contributed by atoms with Crippen molar-refractivity contribution in [3.63, 3.8) is 0 Å². The van der Waals surface area contributed by atoms with Gasteiger partial charge >= 0.3 is 0 Å². The van der Waals surface area contributed by atoms with E-state index in [-0.39, 0.29) is 18.0 Å². The number of benzene rings is 2. The number of hydrogen-bond acceptors (Lipinski definition) is 5. The van der Waals surface area contributed by atoms with Crippen LogP contribution in [0.4, 0.5) is 0 Å². The maximum atomic E-state index is 12.8. The Labute approximate surface area is 159 Å². The minimum absolute atomic E-state index is 0.0801. The van der Waals surface area contributed by atoms with E-state index in [1.165, 1.54) is 19.8 Å². The number of aromatic hydroxyl groups is 1. The summed E-state index contributed by atoms with van der Waals surface area (Å²) in [4.78, 5) is 12.8. The Bertz CT molecular complexity index is 911. The number of phenolic OH excluding ortho intramolecular Hbond substituents is 1. The van der Waals surface area contributed by atoms with E-state index in [0.717, 1.165) is 6.42 Å². The third kappa shape index (κ3) is 3.50. The van der Waals surface area contributed by atoms with Gasteiger partial charge in [-0.25, -0.2) is 0 Å². The average molecular weight is 368 g/mol. The summed E-state index contributed by atoms with van der Waals surface area (Å²) in [7, 11) is 3.05. The van der Waals surface area contributed by atoms with Gasteiger partial charge in [-0.1, -0.05) is 24.6 Å². The highest BCUT2D eigenvalue weighted by Gasteiger charge is 2.29. The first-order valence-corrected chi connectivity index (χ1v) is 8.95. The molecule has 0 fully saturated rings. The van der Waals surface area contributed by atoms with Crippen molar-refractivity contribution in [3.05, 3.63) is 52.6 Å². The number of allylic oxidation sites excluding steroid dienone is 2. The summed E-state index contributed by atoms with van der Waals surface area (Å²) in [6, 6.07) is 6.78. The van der Waals surface area contributed by atoms with Crippen molar-refractivity contribution in [2.45, 2.75) is 33.1 Å². The molecule has 0 radical (unpaired) electrons. The summed E-state index contributed by atoms with van der Waals surface area (Å²) in [5.41, 5.74) is 2.93. The fourth-order valence-electron chi connectivity index (χ4n) is 3.16. The molecular weight excluding hydrogens is 344 g/mol. The van der Waals surface area contributed by atoms with Crippen molar-refractivity contribution in [1.82, 2.24) is 0 Å². The molecule has 0 spiro atoms. The minimum Gasteiger partial charge on any atom is -0.507 e. The lowest BCUT2D eigenvalue weighted by molar-refractivity contribution is 0.0992. The van der Waals surface area contributed by atoms with Crippen LogP contribution in [-0.2, 0) is 12.8 Å². The molecule has 1 heterocycles. The van der Waals surface area contributed by atoms with E-state index < -0.39 is 0 Å². The average Bonchev–Trinajstić information content (AvgIpc) is 2.83. The molecule has 0 atom stereocenters. The van der Waals surface area contributed by atoms with Crippen LogP contribution in [-0.4, -0.2) is 25.1 Å². The normalized spacial score (nSPS) is 13.3. The molecule has 1 aliphatic heterocycles. The molecule has 142 valence electrons. The highest BCUT2D eigenvalue weighted by Crippen LogP contribution is 2.47. The monoisotopic (exact) mass is 368 g/mol. The van der Waals surface area contributed by atoms with E-state index in [4.69, 9.17) is 14.2 Å². The van der Waals surface area contributed by atoms with E-state index in [1.54, 1.807) is 24.3 Å². The molecular formula is C22H24O5. The van der Waals surface area contributed by atoms with Gasteiger partial charge in [0.15, 0.2) is 17.3 Å². The summed E-state index contributed by atoms with van der Waals surface area (Å²) in [5.74, 6) is 1.73. The Hall–Kier alpha value is -2.95. The van der Waals surface area contributed by atoms with Crippen LogP contribution < -0.4 is 14.2 Å². The van der Waals surface area contributed by atoms with E-state index in [1.807, 2.05) is 6.92 Å². The summed E-state index contributed by atoms with van der Waals surface area (Å²) < 4.78 is 17.0. The Morgan fingerprint density at radius 1 is 1.22 bits per heavy atom. The van der Waals surface area contributed by atoms with E-state index >= 15 is 0 Å². The third-order valence-electron chi connectivity index (χ3n) is 4.90. The van der Waals surface area contributed by atoms with Crippen molar-refractivity contribution >= 4 is 5.78 Å². The summed E-state index contributed by atoms with van der Waals surface area (Å²) in [6.45, 7) is 4.12. The molecule has 2 aromatic rings. The second kappa shape index (κ2) is 7.74. The van der Waals surface area contributed by atoms with Gasteiger partial charge in [-0.15, -0.1) is 0 Å². The maximum Gasteiger partial charge on any atom is 0.180 e. The lowest BCUT2D eigenvalue weighted by Gasteiger charge is -2.18. The number of phenols is 1. The Morgan fingerprint density at radius 3 is 2.63 bits per heavy atom. The largest absolute Gasteiger partial charge is 0.507 e. The van der Waals surface area contributed by atoms with E-state index in [0.29, 0.717) is 46.1 Å². The number of carbonyl (C=O) groups is 1. The van der Waals surface area contributed by atoms with Gasteiger partial charge in [0, 0.05) is 23.6 Å². The number of rotatable bonds is 5. The predicted octanol–water partition coefficient (Wildman–Crippen LogP) is 4.84. The van der Waals surface area contributed by atoms with Crippen LogP contribution in [0.3, 0.4) is 0 Å². The predicted molar refractivity (Wildman–Crippen MR) is 104 cm³/mol. The van der Waals surface area contributed by atoms with Crippen molar-refractivity contribution in [3.8, 4) is 28.7 Å². The third-order valence-corrected chi connectivity index (χ3v) is 4.90. The zero-order valence-electron chi connectivity index (χ0n) is 16.1. The van der Waals surface area contributed by atoms with Gasteiger partial charge in [0.05, 0.1) is 19.8 Å². The fourth-order valence-corrected chi connectivity index (χ4v) is 3.16. The van der Waals surface area contributed by atoms with Crippen molar-refractivity contribution in [2.24, 2.45) is 0 Å². The molecule has 5 nitrogen and oxygen atoms in total. The molecule has 1 aliphatic rings. The van der Waals surface area contributed by atoms with Crippen molar-refractivity contribution in [1.29, 1.82) is 0 Å². The zero-order valence-corrected chi connectivity index (χ0v) is 16.1. The molecule has 27 heavy (non-hydrogen) atoms. The second-order valence-electron chi connectivity index (χ2n) is 6.53. The number of ether oxygens (including phenoxy) is 3. The van der Waals surface area contributed by atoms with Crippen molar-refractivity contribution < 1.29 is 24.1 Å². The molecule has 0 saturated heterocycles. The molecule has 0 unspecified atom stereocenters. The Morgan fingerprint density at radius 2 is 1.96 bits per heavy atom. The van der Waals surface area contributed by atoms with Gasteiger partial charge in [-0.2, -0.15) is 0 Å². The van der Waals surface area contributed by atoms with Crippen LogP contribution in [0, 0.1) is 0 Å². The van der Waals surface area contributed by atoms with Crippen LogP contribution in [0.1, 0.15) is 41.8 Å². The molecule has 0 aliphatic carbocycles. The van der Waals surface area contributed by atoms with Gasteiger partial charge in [0.2, 0.25) is 0 Å². The highest BCUT2D eigenvalue weighted by molar-refractivity contribution is 6.02. The molecule has 0 saturated carbocycles. The summed E-state index contributed by atoms with van der Waals surface area (Å²) >= 11 is 0. The SMILES string of the molecule is CC/C(C)=C\Cc1c(O)cc(OC)c2c1Oc1c(OC)cccc1C(=O)C2. The standard InChI is InChI=1S/C22H24O5/c1-5-13(2)9-10-15-18(24)12-20(26-4)16-11-17(23)14-7-6-8-19(25-3)22(14)27-21(15)16/h6-9,12,24H,5,10-11H2,1-4H3/b13-9-. The number of fused-ring (bicyclic) bond motifs is 2. The van der Waals surface area contributed by atoms with E-state index in [9.17, 15) is 9.90 Å². The molecule has 0 amide bonds. The van der Waals surface area contributed by atoms with Gasteiger partial charge in [-0.3, -0.25) is 4.79 Å². The van der Waals surface area contributed by atoms with Crippen LogP contribution in [0.25, 0.3) is 0 Å². The van der Waals surface area contributed by atoms with Crippen LogP contribution in [0.15, 0.2) is 35.9 Å². The number of methoxy groups -OCH3 is 2. The van der Waals surface area contributed by atoms with Gasteiger partial charge in [-0.05, 0) is 31.9 Å². The van der Waals surface area contributed by atoms with Crippen molar-refractivity contribution in [2.75, 3.05) is 14.2 Å².